The van der Waals surface area contributed by atoms with Crippen LogP contribution in [-0.2, 0) is 0 Å². The Labute approximate surface area is 106 Å². The van der Waals surface area contributed by atoms with E-state index < -0.39 is 0 Å². The molecule has 0 aliphatic carbocycles. The summed E-state index contributed by atoms with van der Waals surface area (Å²) in [6, 6.07) is 8.03. The van der Waals surface area contributed by atoms with E-state index in [0.717, 1.165) is 20.9 Å². The highest BCUT2D eigenvalue weighted by atomic mass is 79.9. The van der Waals surface area contributed by atoms with Crippen LogP contribution in [0.5, 0.6) is 0 Å². The van der Waals surface area contributed by atoms with Crippen LogP contribution < -0.4 is 0 Å². The zero-order chi connectivity index (χ0) is 12.0. The number of imidazole rings is 1. The highest BCUT2D eigenvalue weighted by molar-refractivity contribution is 9.10. The lowest BCUT2D eigenvalue weighted by Crippen LogP contribution is -1.97. The molecule has 3 rings (SSSR count). The van der Waals surface area contributed by atoms with Crippen LogP contribution in [0.25, 0.3) is 16.4 Å². The Bertz CT molecular complexity index is 746. The van der Waals surface area contributed by atoms with Crippen molar-refractivity contribution in [3.8, 4) is 0 Å². The van der Waals surface area contributed by atoms with Crippen molar-refractivity contribution in [2.24, 2.45) is 0 Å². The molecule has 4 heteroatoms. The quantitative estimate of drug-likeness (QED) is 0.643. The van der Waals surface area contributed by atoms with E-state index in [2.05, 4.69) is 20.9 Å². The van der Waals surface area contributed by atoms with Gasteiger partial charge in [0, 0.05) is 23.0 Å². The van der Waals surface area contributed by atoms with E-state index in [4.69, 9.17) is 0 Å². The molecular weight excluding hydrogens is 280 g/mol. The number of aromatic nitrogens is 2. The summed E-state index contributed by atoms with van der Waals surface area (Å²) in [5.41, 5.74) is 1.43. The summed E-state index contributed by atoms with van der Waals surface area (Å²) < 4.78 is 2.84. The lowest BCUT2D eigenvalue weighted by Gasteiger charge is -2.02. The molecule has 0 aliphatic rings. The largest absolute Gasteiger partial charge is 0.297 e. The van der Waals surface area contributed by atoms with Gasteiger partial charge < -0.3 is 0 Å². The molecule has 0 spiro atoms. The summed E-state index contributed by atoms with van der Waals surface area (Å²) in [5.74, 6) is 0.0202. The van der Waals surface area contributed by atoms with Gasteiger partial charge in [-0.05, 0) is 23.6 Å². The van der Waals surface area contributed by atoms with Gasteiger partial charge in [0.1, 0.15) is 11.3 Å². The predicted octanol–water partition coefficient (Wildman–Crippen LogP) is 3.45. The van der Waals surface area contributed by atoms with Crippen LogP contribution in [0.4, 0.5) is 0 Å². The van der Waals surface area contributed by atoms with Crippen molar-refractivity contribution < 1.29 is 4.79 Å². The minimum Gasteiger partial charge on any atom is -0.297 e. The van der Waals surface area contributed by atoms with Gasteiger partial charge in [0.2, 0.25) is 0 Å². The number of carbonyl (C=O) groups excluding carboxylic acids is 1. The average molecular weight is 289 g/mol. The number of hydrogen-bond acceptors (Lipinski definition) is 2. The van der Waals surface area contributed by atoms with Gasteiger partial charge in [-0.25, -0.2) is 4.98 Å². The second kappa shape index (κ2) is 3.67. The first-order valence-corrected chi connectivity index (χ1v) is 6.02. The van der Waals surface area contributed by atoms with Gasteiger partial charge >= 0.3 is 0 Å². The van der Waals surface area contributed by atoms with Crippen LogP contribution in [0.1, 0.15) is 17.4 Å². The summed E-state index contributed by atoms with van der Waals surface area (Å²) in [4.78, 5) is 15.8. The summed E-state index contributed by atoms with van der Waals surface area (Å²) in [6.07, 6.45) is 3.51. The van der Waals surface area contributed by atoms with Crippen LogP contribution >= 0.6 is 15.9 Å². The predicted molar refractivity (Wildman–Crippen MR) is 70.4 cm³/mol. The second-order valence-corrected chi connectivity index (χ2v) is 4.86. The normalized spacial score (nSPS) is 11.2. The SMILES string of the molecule is CC(=O)c1cnc2c3cc(Br)ccc3ccn12. The molecule has 0 saturated heterocycles. The number of rotatable bonds is 1. The molecule has 0 unspecified atom stereocenters. The van der Waals surface area contributed by atoms with E-state index in [1.807, 2.05) is 34.9 Å². The van der Waals surface area contributed by atoms with E-state index in [-0.39, 0.29) is 5.78 Å². The molecule has 3 aromatic rings. The minimum absolute atomic E-state index is 0.0202. The molecule has 0 amide bonds. The van der Waals surface area contributed by atoms with E-state index in [1.54, 1.807) is 13.1 Å². The zero-order valence-corrected chi connectivity index (χ0v) is 10.7. The number of nitrogens with zero attached hydrogens (tertiary/aromatic N) is 2. The van der Waals surface area contributed by atoms with Crippen LogP contribution in [0.3, 0.4) is 0 Å². The van der Waals surface area contributed by atoms with Crippen LogP contribution in [0.15, 0.2) is 41.1 Å². The van der Waals surface area contributed by atoms with Gasteiger partial charge in [-0.1, -0.05) is 22.0 Å². The number of halogens is 1. The molecular formula is C13H9BrN2O. The number of benzene rings is 1. The maximum Gasteiger partial charge on any atom is 0.178 e. The van der Waals surface area contributed by atoms with Crippen molar-refractivity contribution >= 4 is 38.1 Å². The van der Waals surface area contributed by atoms with Crippen molar-refractivity contribution in [1.82, 2.24) is 9.38 Å². The highest BCUT2D eigenvalue weighted by Crippen LogP contribution is 2.24. The van der Waals surface area contributed by atoms with E-state index in [0.29, 0.717) is 5.69 Å². The molecule has 0 atom stereocenters. The van der Waals surface area contributed by atoms with Crippen LogP contribution in [0, 0.1) is 0 Å². The molecule has 0 aliphatic heterocycles. The zero-order valence-electron chi connectivity index (χ0n) is 9.14. The average Bonchev–Trinajstić information content (AvgIpc) is 2.72. The lowest BCUT2D eigenvalue weighted by atomic mass is 10.2. The summed E-state index contributed by atoms with van der Waals surface area (Å²) in [7, 11) is 0. The Kier molecular flexibility index (Phi) is 2.26. The highest BCUT2D eigenvalue weighted by Gasteiger charge is 2.09. The van der Waals surface area contributed by atoms with E-state index in [1.165, 1.54) is 0 Å². The summed E-state index contributed by atoms with van der Waals surface area (Å²) >= 11 is 3.45. The molecule has 0 saturated carbocycles. The van der Waals surface area contributed by atoms with Gasteiger partial charge in [-0.3, -0.25) is 9.20 Å². The number of ketones is 1. The first-order chi connectivity index (χ1) is 8.16. The Morgan fingerprint density at radius 2 is 2.18 bits per heavy atom. The molecule has 0 N–H and O–H groups in total. The Morgan fingerprint density at radius 3 is 2.94 bits per heavy atom. The Hall–Kier alpha value is -1.68. The van der Waals surface area contributed by atoms with E-state index >= 15 is 0 Å². The van der Waals surface area contributed by atoms with Crippen molar-refractivity contribution in [2.45, 2.75) is 6.92 Å². The number of carbonyl (C=O) groups is 1. The molecule has 84 valence electrons. The minimum atomic E-state index is 0.0202. The number of fused-ring (bicyclic) bond motifs is 3. The smallest absolute Gasteiger partial charge is 0.178 e. The topological polar surface area (TPSA) is 34.4 Å². The third kappa shape index (κ3) is 1.56. The molecule has 2 aromatic heterocycles. The van der Waals surface area contributed by atoms with Gasteiger partial charge in [-0.2, -0.15) is 0 Å². The molecule has 0 fully saturated rings. The number of Topliss-reactive ketones (excluding diaryl/α,β-unsaturated/α-hetero) is 1. The third-order valence-electron chi connectivity index (χ3n) is 2.82. The molecule has 17 heavy (non-hydrogen) atoms. The summed E-state index contributed by atoms with van der Waals surface area (Å²) in [5, 5.41) is 2.15. The number of pyridine rings is 1. The maximum absolute atomic E-state index is 11.5. The molecule has 1 aromatic carbocycles. The molecule has 2 heterocycles. The first kappa shape index (κ1) is 10.5. The fourth-order valence-electron chi connectivity index (χ4n) is 1.99. The van der Waals surface area contributed by atoms with Crippen molar-refractivity contribution in [2.75, 3.05) is 0 Å². The Balaban J connectivity index is 2.48. The van der Waals surface area contributed by atoms with E-state index in [9.17, 15) is 4.79 Å². The van der Waals surface area contributed by atoms with Gasteiger partial charge in [0.25, 0.3) is 0 Å². The van der Waals surface area contributed by atoms with Crippen molar-refractivity contribution in [3.63, 3.8) is 0 Å². The van der Waals surface area contributed by atoms with Gasteiger partial charge in [-0.15, -0.1) is 0 Å². The first-order valence-electron chi connectivity index (χ1n) is 5.23. The monoisotopic (exact) mass is 288 g/mol. The fraction of sp³-hybridized carbons (Fsp3) is 0.0769. The van der Waals surface area contributed by atoms with Crippen molar-refractivity contribution in [1.29, 1.82) is 0 Å². The standard InChI is InChI=1S/C13H9BrN2O/c1-8(17)12-7-15-13-11-6-10(14)3-2-9(11)4-5-16(12)13/h2-7H,1H3. The second-order valence-electron chi connectivity index (χ2n) is 3.94. The van der Waals surface area contributed by atoms with Crippen LogP contribution in [-0.4, -0.2) is 15.2 Å². The van der Waals surface area contributed by atoms with Crippen LogP contribution in [0.2, 0.25) is 0 Å². The van der Waals surface area contributed by atoms with Gasteiger partial charge in [0.15, 0.2) is 5.78 Å². The molecule has 0 bridgehead atoms. The molecule has 0 radical (unpaired) electrons. The lowest BCUT2D eigenvalue weighted by molar-refractivity contribution is 0.101. The van der Waals surface area contributed by atoms with Crippen molar-refractivity contribution in [3.05, 3.63) is 46.8 Å². The molecule has 3 nitrogen and oxygen atoms in total. The maximum atomic E-state index is 11.5. The van der Waals surface area contributed by atoms with Gasteiger partial charge in [0.05, 0.1) is 6.20 Å². The fourth-order valence-corrected chi connectivity index (χ4v) is 2.35. The summed E-state index contributed by atoms with van der Waals surface area (Å²) in [6.45, 7) is 1.55. The Morgan fingerprint density at radius 1 is 1.35 bits per heavy atom. The third-order valence-corrected chi connectivity index (χ3v) is 3.31. The number of hydrogen-bond donors (Lipinski definition) is 0.